The van der Waals surface area contributed by atoms with Crippen molar-refractivity contribution in [1.82, 2.24) is 9.88 Å². The maximum atomic E-state index is 10.9. The van der Waals surface area contributed by atoms with Crippen LogP contribution in [0.25, 0.3) is 10.6 Å². The molecule has 0 aliphatic rings. The van der Waals surface area contributed by atoms with Crippen LogP contribution in [-0.4, -0.2) is 34.0 Å². The molecule has 0 fully saturated rings. The minimum absolute atomic E-state index is 0.0593. The molecule has 4 nitrogen and oxygen atoms in total. The van der Waals surface area contributed by atoms with Gasteiger partial charge in [0.1, 0.15) is 5.01 Å². The van der Waals surface area contributed by atoms with E-state index in [2.05, 4.69) is 50.0 Å². The van der Waals surface area contributed by atoms with Crippen LogP contribution in [-0.2, 0) is 11.3 Å². The summed E-state index contributed by atoms with van der Waals surface area (Å²) in [4.78, 5) is 17.5. The molecule has 124 valence electrons. The van der Waals surface area contributed by atoms with Gasteiger partial charge >= 0.3 is 5.97 Å². The highest BCUT2D eigenvalue weighted by Gasteiger charge is 2.12. The third kappa shape index (κ3) is 5.15. The smallest absolute Gasteiger partial charge is 0.317 e. The Bertz CT molecular complexity index is 635. The van der Waals surface area contributed by atoms with Gasteiger partial charge in [-0.15, -0.1) is 11.3 Å². The van der Waals surface area contributed by atoms with Gasteiger partial charge in [0, 0.05) is 17.5 Å². The fourth-order valence-corrected chi connectivity index (χ4v) is 3.29. The quantitative estimate of drug-likeness (QED) is 0.786. The van der Waals surface area contributed by atoms with E-state index < -0.39 is 5.97 Å². The Morgan fingerprint density at radius 1 is 1.30 bits per heavy atom. The minimum atomic E-state index is -0.793. The van der Waals surface area contributed by atoms with Gasteiger partial charge in [-0.1, -0.05) is 45.0 Å². The molecule has 0 aliphatic carbocycles. The van der Waals surface area contributed by atoms with Gasteiger partial charge < -0.3 is 5.11 Å². The van der Waals surface area contributed by atoms with Crippen molar-refractivity contribution in [3.05, 3.63) is 40.9 Å². The Labute approximate surface area is 141 Å². The number of rotatable bonds is 8. The van der Waals surface area contributed by atoms with Crippen LogP contribution in [0.5, 0.6) is 0 Å². The molecule has 5 heteroatoms. The van der Waals surface area contributed by atoms with E-state index in [0.717, 1.165) is 29.2 Å². The highest BCUT2D eigenvalue weighted by molar-refractivity contribution is 7.13. The van der Waals surface area contributed by atoms with Gasteiger partial charge in [-0.2, -0.15) is 0 Å². The fourth-order valence-electron chi connectivity index (χ4n) is 2.47. The van der Waals surface area contributed by atoms with Gasteiger partial charge in [0.25, 0.3) is 0 Å². The predicted molar refractivity (Wildman–Crippen MR) is 94.8 cm³/mol. The highest BCUT2D eigenvalue weighted by atomic mass is 32.1. The molecule has 23 heavy (non-hydrogen) atoms. The van der Waals surface area contributed by atoms with E-state index in [9.17, 15) is 4.79 Å². The zero-order valence-corrected chi connectivity index (χ0v) is 14.8. The van der Waals surface area contributed by atoms with Gasteiger partial charge in [-0.3, -0.25) is 9.69 Å². The molecular weight excluding hydrogens is 308 g/mol. The Hall–Kier alpha value is -1.72. The number of hydrogen-bond donors (Lipinski definition) is 1. The maximum Gasteiger partial charge on any atom is 0.317 e. The standard InChI is InChI=1S/C18H24N2O2S/c1-4-9-20(11-17(21)22)10-16-12-23-18(19-16)15-7-5-14(6-8-15)13(2)3/h5-8,12-13H,4,9-11H2,1-3H3,(H,21,22). The molecule has 1 N–H and O–H groups in total. The summed E-state index contributed by atoms with van der Waals surface area (Å²) in [5.74, 6) is -0.271. The first-order valence-corrected chi connectivity index (χ1v) is 8.86. The second-order valence-electron chi connectivity index (χ2n) is 6.03. The lowest BCUT2D eigenvalue weighted by Gasteiger charge is -2.17. The van der Waals surface area contributed by atoms with Crippen LogP contribution in [0.15, 0.2) is 29.6 Å². The first-order valence-electron chi connectivity index (χ1n) is 7.98. The molecule has 1 aromatic carbocycles. The van der Waals surface area contributed by atoms with Crippen LogP contribution in [0.2, 0.25) is 0 Å². The van der Waals surface area contributed by atoms with Crippen molar-refractivity contribution in [2.24, 2.45) is 0 Å². The molecule has 0 spiro atoms. The highest BCUT2D eigenvalue weighted by Crippen LogP contribution is 2.26. The molecule has 0 aliphatic heterocycles. The Balaban J connectivity index is 2.08. The lowest BCUT2D eigenvalue weighted by Crippen LogP contribution is -2.30. The van der Waals surface area contributed by atoms with Gasteiger partial charge in [0.15, 0.2) is 0 Å². The van der Waals surface area contributed by atoms with Crippen molar-refractivity contribution in [3.63, 3.8) is 0 Å². The van der Waals surface area contributed by atoms with E-state index in [1.165, 1.54) is 5.56 Å². The van der Waals surface area contributed by atoms with Crippen molar-refractivity contribution >= 4 is 17.3 Å². The topological polar surface area (TPSA) is 53.4 Å². The predicted octanol–water partition coefficient (Wildman–Crippen LogP) is 4.23. The van der Waals surface area contributed by atoms with Crippen molar-refractivity contribution in [3.8, 4) is 10.6 Å². The summed E-state index contributed by atoms with van der Waals surface area (Å²) in [6, 6.07) is 8.52. The molecule has 0 saturated heterocycles. The number of carboxylic acids is 1. The molecule has 0 bridgehead atoms. The number of aliphatic carboxylic acids is 1. The largest absolute Gasteiger partial charge is 0.480 e. The Morgan fingerprint density at radius 3 is 2.57 bits per heavy atom. The molecule has 1 aromatic heterocycles. The summed E-state index contributed by atoms with van der Waals surface area (Å²) in [5.41, 5.74) is 3.37. The van der Waals surface area contributed by atoms with Crippen molar-refractivity contribution < 1.29 is 9.90 Å². The van der Waals surface area contributed by atoms with E-state index in [1.807, 2.05) is 10.3 Å². The van der Waals surface area contributed by atoms with Crippen molar-refractivity contribution in [2.75, 3.05) is 13.1 Å². The number of thiazole rings is 1. The molecular formula is C18H24N2O2S. The van der Waals surface area contributed by atoms with Gasteiger partial charge in [0.2, 0.25) is 0 Å². The summed E-state index contributed by atoms with van der Waals surface area (Å²) >= 11 is 1.61. The zero-order valence-electron chi connectivity index (χ0n) is 14.0. The second kappa shape index (κ2) is 8.22. The number of nitrogens with zero attached hydrogens (tertiary/aromatic N) is 2. The number of carbonyl (C=O) groups is 1. The summed E-state index contributed by atoms with van der Waals surface area (Å²) < 4.78 is 0. The summed E-state index contributed by atoms with van der Waals surface area (Å²) in [6.45, 7) is 7.83. The molecule has 0 radical (unpaired) electrons. The third-order valence-electron chi connectivity index (χ3n) is 3.66. The Morgan fingerprint density at radius 2 is 2.00 bits per heavy atom. The lowest BCUT2D eigenvalue weighted by molar-refractivity contribution is -0.138. The third-order valence-corrected chi connectivity index (χ3v) is 4.60. The second-order valence-corrected chi connectivity index (χ2v) is 6.88. The van der Waals surface area contributed by atoms with E-state index in [1.54, 1.807) is 11.3 Å². The monoisotopic (exact) mass is 332 g/mol. The number of aromatic nitrogens is 1. The van der Waals surface area contributed by atoms with E-state index in [0.29, 0.717) is 12.5 Å². The van der Waals surface area contributed by atoms with Gasteiger partial charge in [0.05, 0.1) is 12.2 Å². The van der Waals surface area contributed by atoms with Crippen LogP contribution in [0.4, 0.5) is 0 Å². The lowest BCUT2D eigenvalue weighted by atomic mass is 10.0. The number of carboxylic acid groups (broad SMARTS) is 1. The molecule has 2 aromatic rings. The SMILES string of the molecule is CCCN(CC(=O)O)Cc1csc(-c2ccc(C(C)C)cc2)n1. The molecule has 0 saturated carbocycles. The Kier molecular flexibility index (Phi) is 6.30. The average Bonchev–Trinajstić information content (AvgIpc) is 2.95. The number of hydrogen-bond acceptors (Lipinski definition) is 4. The average molecular weight is 332 g/mol. The van der Waals surface area contributed by atoms with Crippen LogP contribution >= 0.6 is 11.3 Å². The van der Waals surface area contributed by atoms with E-state index >= 15 is 0 Å². The van der Waals surface area contributed by atoms with E-state index in [4.69, 9.17) is 5.11 Å². The maximum absolute atomic E-state index is 10.9. The molecule has 2 rings (SSSR count). The normalized spacial score (nSPS) is 11.3. The van der Waals surface area contributed by atoms with E-state index in [-0.39, 0.29) is 6.54 Å². The molecule has 0 amide bonds. The number of benzene rings is 1. The summed E-state index contributed by atoms with van der Waals surface area (Å²) in [6.07, 6.45) is 0.931. The van der Waals surface area contributed by atoms with Crippen LogP contribution in [0, 0.1) is 0 Å². The summed E-state index contributed by atoms with van der Waals surface area (Å²) in [7, 11) is 0. The van der Waals surface area contributed by atoms with Crippen LogP contribution in [0.3, 0.4) is 0 Å². The van der Waals surface area contributed by atoms with Crippen LogP contribution in [0.1, 0.15) is 44.4 Å². The first kappa shape index (κ1) is 17.6. The molecule has 0 unspecified atom stereocenters. The van der Waals surface area contributed by atoms with Crippen molar-refractivity contribution in [2.45, 2.75) is 39.7 Å². The molecule has 0 atom stereocenters. The van der Waals surface area contributed by atoms with Gasteiger partial charge in [-0.05, 0) is 24.4 Å². The first-order chi connectivity index (χ1) is 11.0. The zero-order chi connectivity index (χ0) is 16.8. The fraction of sp³-hybridized carbons (Fsp3) is 0.444. The minimum Gasteiger partial charge on any atom is -0.480 e. The summed E-state index contributed by atoms with van der Waals surface area (Å²) in [5, 5.41) is 12.0. The van der Waals surface area contributed by atoms with Crippen molar-refractivity contribution in [1.29, 1.82) is 0 Å². The van der Waals surface area contributed by atoms with Gasteiger partial charge in [-0.25, -0.2) is 4.98 Å². The van der Waals surface area contributed by atoms with Crippen LogP contribution < -0.4 is 0 Å². The molecule has 1 heterocycles.